The predicted octanol–water partition coefficient (Wildman–Crippen LogP) is 2.70. The molecule has 0 aliphatic carbocycles. The third-order valence-electron chi connectivity index (χ3n) is 4.83. The Labute approximate surface area is 155 Å². The summed E-state index contributed by atoms with van der Waals surface area (Å²) in [6, 6.07) is 9.90. The number of rotatable bonds is 5. The van der Waals surface area contributed by atoms with Gasteiger partial charge >= 0.3 is 0 Å². The van der Waals surface area contributed by atoms with Crippen molar-refractivity contribution in [1.29, 1.82) is 0 Å². The Morgan fingerprint density at radius 1 is 1.19 bits per heavy atom. The van der Waals surface area contributed by atoms with Gasteiger partial charge in [0.25, 0.3) is 0 Å². The summed E-state index contributed by atoms with van der Waals surface area (Å²) < 4.78 is 26.8. The topological polar surface area (TPSA) is 66.4 Å². The Hall–Kier alpha value is -1.99. The van der Waals surface area contributed by atoms with Crippen LogP contribution in [0.3, 0.4) is 0 Å². The van der Waals surface area contributed by atoms with Gasteiger partial charge in [-0.25, -0.2) is 18.4 Å². The van der Waals surface area contributed by atoms with E-state index in [0.717, 1.165) is 29.2 Å². The Kier molecular flexibility index (Phi) is 5.29. The Bertz CT molecular complexity index is 882. The number of nitrogens with zero attached hydrogens (tertiary/aromatic N) is 4. The van der Waals surface area contributed by atoms with Crippen molar-refractivity contribution < 1.29 is 8.42 Å². The van der Waals surface area contributed by atoms with Crippen LogP contribution in [0.25, 0.3) is 11.4 Å². The summed E-state index contributed by atoms with van der Waals surface area (Å²) in [4.78, 5) is 11.6. The molecule has 0 atom stereocenters. The van der Waals surface area contributed by atoms with Gasteiger partial charge in [-0.2, -0.15) is 4.31 Å². The number of aromatic nitrogens is 2. The minimum atomic E-state index is -3.29. The quantitative estimate of drug-likeness (QED) is 0.805. The van der Waals surface area contributed by atoms with E-state index in [4.69, 9.17) is 9.97 Å². The van der Waals surface area contributed by atoms with E-state index in [1.165, 1.54) is 0 Å². The first-order chi connectivity index (χ1) is 12.3. The number of hydrogen-bond donors (Lipinski definition) is 0. The van der Waals surface area contributed by atoms with Crippen LogP contribution in [0.5, 0.6) is 0 Å². The zero-order valence-corrected chi connectivity index (χ0v) is 16.6. The molecule has 6 nitrogen and oxygen atoms in total. The van der Waals surface area contributed by atoms with Gasteiger partial charge in [-0.15, -0.1) is 0 Å². The number of anilines is 1. The maximum atomic E-state index is 12.6. The SMILES string of the molecule is CCN(C)c1nc(-c2ccccc2)nc2c1CN(S(=O)(=O)C(C)C)CC2. The lowest BCUT2D eigenvalue weighted by Crippen LogP contribution is -2.41. The molecular formula is C19H26N4O2S. The van der Waals surface area contributed by atoms with Crippen molar-refractivity contribution >= 4 is 15.8 Å². The van der Waals surface area contributed by atoms with E-state index in [1.54, 1.807) is 18.2 Å². The van der Waals surface area contributed by atoms with Crippen LogP contribution in [0.15, 0.2) is 30.3 Å². The molecule has 0 N–H and O–H groups in total. The molecule has 0 unspecified atom stereocenters. The lowest BCUT2D eigenvalue weighted by Gasteiger charge is -2.32. The molecule has 7 heteroatoms. The van der Waals surface area contributed by atoms with Crippen molar-refractivity contribution in [3.05, 3.63) is 41.6 Å². The van der Waals surface area contributed by atoms with Gasteiger partial charge in [0.05, 0.1) is 10.9 Å². The first-order valence-corrected chi connectivity index (χ1v) is 10.5. The van der Waals surface area contributed by atoms with Gasteiger partial charge in [0.2, 0.25) is 10.0 Å². The largest absolute Gasteiger partial charge is 0.360 e. The highest BCUT2D eigenvalue weighted by molar-refractivity contribution is 7.89. The van der Waals surface area contributed by atoms with E-state index >= 15 is 0 Å². The molecule has 0 spiro atoms. The van der Waals surface area contributed by atoms with Gasteiger partial charge in [0, 0.05) is 44.2 Å². The Morgan fingerprint density at radius 2 is 1.88 bits per heavy atom. The number of fused-ring (bicyclic) bond motifs is 1. The standard InChI is InChI=1S/C19H26N4O2S/c1-5-22(4)19-16-13-23(26(24,25)14(2)3)12-11-17(16)20-18(21-19)15-9-7-6-8-10-15/h6-10,14H,5,11-13H2,1-4H3. The van der Waals surface area contributed by atoms with Crippen molar-refractivity contribution in [3.63, 3.8) is 0 Å². The van der Waals surface area contributed by atoms with Gasteiger partial charge in [-0.05, 0) is 20.8 Å². The van der Waals surface area contributed by atoms with Gasteiger partial charge in [0.1, 0.15) is 5.82 Å². The minimum Gasteiger partial charge on any atom is -0.360 e. The number of benzene rings is 1. The van der Waals surface area contributed by atoms with Crippen molar-refractivity contribution in [2.45, 2.75) is 39.0 Å². The van der Waals surface area contributed by atoms with Crippen LogP contribution in [0.4, 0.5) is 5.82 Å². The Morgan fingerprint density at radius 3 is 2.50 bits per heavy atom. The third kappa shape index (κ3) is 3.46. The highest BCUT2D eigenvalue weighted by Gasteiger charge is 2.32. The van der Waals surface area contributed by atoms with E-state index in [9.17, 15) is 8.42 Å². The van der Waals surface area contributed by atoms with E-state index in [2.05, 4.69) is 11.8 Å². The molecule has 1 aromatic heterocycles. The molecule has 1 aliphatic rings. The summed E-state index contributed by atoms with van der Waals surface area (Å²) in [5.41, 5.74) is 2.84. The summed E-state index contributed by atoms with van der Waals surface area (Å²) in [6.45, 7) is 7.09. The van der Waals surface area contributed by atoms with Crippen LogP contribution >= 0.6 is 0 Å². The number of hydrogen-bond acceptors (Lipinski definition) is 5. The molecule has 1 aromatic carbocycles. The zero-order valence-electron chi connectivity index (χ0n) is 15.8. The fraction of sp³-hybridized carbons (Fsp3) is 0.474. The average molecular weight is 375 g/mol. The summed E-state index contributed by atoms with van der Waals surface area (Å²) in [5, 5.41) is -0.430. The minimum absolute atomic E-state index is 0.338. The summed E-state index contributed by atoms with van der Waals surface area (Å²) in [7, 11) is -1.32. The maximum Gasteiger partial charge on any atom is 0.216 e. The van der Waals surface area contributed by atoms with E-state index in [-0.39, 0.29) is 0 Å². The molecule has 3 rings (SSSR count). The fourth-order valence-electron chi connectivity index (χ4n) is 3.07. The second kappa shape index (κ2) is 7.32. The molecule has 26 heavy (non-hydrogen) atoms. The van der Waals surface area contributed by atoms with Gasteiger partial charge < -0.3 is 4.90 Å². The number of sulfonamides is 1. The molecule has 0 fully saturated rings. The van der Waals surface area contributed by atoms with E-state index in [0.29, 0.717) is 25.3 Å². The van der Waals surface area contributed by atoms with E-state index < -0.39 is 15.3 Å². The molecule has 0 amide bonds. The first-order valence-electron chi connectivity index (χ1n) is 9.00. The predicted molar refractivity (Wildman–Crippen MR) is 105 cm³/mol. The van der Waals surface area contributed by atoms with Crippen LogP contribution in [0, 0.1) is 0 Å². The van der Waals surface area contributed by atoms with Crippen LogP contribution in [0.1, 0.15) is 32.0 Å². The lowest BCUT2D eigenvalue weighted by molar-refractivity contribution is 0.383. The fourth-order valence-corrected chi connectivity index (χ4v) is 4.32. The molecule has 0 saturated heterocycles. The molecule has 0 bridgehead atoms. The Balaban J connectivity index is 2.08. The smallest absolute Gasteiger partial charge is 0.216 e. The second-order valence-corrected chi connectivity index (χ2v) is 9.34. The molecule has 2 aromatic rings. The first kappa shape index (κ1) is 18.8. The molecule has 1 aliphatic heterocycles. The van der Waals surface area contributed by atoms with Crippen LogP contribution in [0.2, 0.25) is 0 Å². The summed E-state index contributed by atoms with van der Waals surface area (Å²) >= 11 is 0. The average Bonchev–Trinajstić information content (AvgIpc) is 2.66. The normalized spacial score (nSPS) is 15.1. The summed E-state index contributed by atoms with van der Waals surface area (Å²) in [5.74, 6) is 1.51. The van der Waals surface area contributed by atoms with Crippen LogP contribution in [-0.2, 0) is 23.0 Å². The summed E-state index contributed by atoms with van der Waals surface area (Å²) in [6.07, 6.45) is 0.605. The van der Waals surface area contributed by atoms with E-state index in [1.807, 2.05) is 37.4 Å². The molecule has 0 radical (unpaired) electrons. The van der Waals surface area contributed by atoms with Crippen molar-refractivity contribution in [3.8, 4) is 11.4 Å². The van der Waals surface area contributed by atoms with Crippen molar-refractivity contribution in [1.82, 2.24) is 14.3 Å². The molecule has 2 heterocycles. The van der Waals surface area contributed by atoms with Crippen molar-refractivity contribution in [2.75, 3.05) is 25.0 Å². The zero-order chi connectivity index (χ0) is 18.9. The molecule has 0 saturated carbocycles. The molecular weight excluding hydrogens is 348 g/mol. The van der Waals surface area contributed by atoms with Crippen molar-refractivity contribution in [2.24, 2.45) is 0 Å². The lowest BCUT2D eigenvalue weighted by atomic mass is 10.1. The monoisotopic (exact) mass is 374 g/mol. The van der Waals surface area contributed by atoms with Crippen LogP contribution in [-0.4, -0.2) is 48.1 Å². The van der Waals surface area contributed by atoms with Gasteiger partial charge in [-0.3, -0.25) is 0 Å². The molecule has 140 valence electrons. The van der Waals surface area contributed by atoms with Crippen LogP contribution < -0.4 is 4.90 Å². The third-order valence-corrected chi connectivity index (χ3v) is 7.05. The highest BCUT2D eigenvalue weighted by atomic mass is 32.2. The maximum absolute atomic E-state index is 12.6. The second-order valence-electron chi connectivity index (χ2n) is 6.85. The van der Waals surface area contributed by atoms with Gasteiger partial charge in [-0.1, -0.05) is 30.3 Å². The van der Waals surface area contributed by atoms with Gasteiger partial charge in [0.15, 0.2) is 5.82 Å². The highest BCUT2D eigenvalue weighted by Crippen LogP contribution is 2.30.